The Morgan fingerprint density at radius 1 is 1.21 bits per heavy atom. The summed E-state index contributed by atoms with van der Waals surface area (Å²) in [6.07, 6.45) is 0.223. The van der Waals surface area contributed by atoms with Crippen LogP contribution in [-0.2, 0) is 22.5 Å². The second-order valence-corrected chi connectivity index (χ2v) is 6.83. The van der Waals surface area contributed by atoms with E-state index in [1.165, 1.54) is 13.2 Å². The van der Waals surface area contributed by atoms with Gasteiger partial charge in [0.25, 0.3) is 5.91 Å². The van der Waals surface area contributed by atoms with E-state index >= 15 is 0 Å². The van der Waals surface area contributed by atoms with Gasteiger partial charge in [-0.2, -0.15) is 5.10 Å². The van der Waals surface area contributed by atoms with Crippen LogP contribution in [-0.4, -0.2) is 34.8 Å². The molecule has 3 rings (SSSR count). The minimum absolute atomic E-state index is 0.223. The van der Waals surface area contributed by atoms with E-state index in [9.17, 15) is 14.4 Å². The van der Waals surface area contributed by atoms with E-state index < -0.39 is 23.3 Å². The summed E-state index contributed by atoms with van der Waals surface area (Å²) in [7, 11) is 1.24. The van der Waals surface area contributed by atoms with E-state index in [-0.39, 0.29) is 17.5 Å². The van der Waals surface area contributed by atoms with Crippen molar-refractivity contribution in [1.82, 2.24) is 15.1 Å². The molecule has 150 valence electrons. The summed E-state index contributed by atoms with van der Waals surface area (Å²) in [6, 6.07) is 13.1. The SMILES string of the molecule is CCn1nc(C(=O)NC(Cc2ccccc2)C(=O)OC)c(=O)c2cc(Cl)ccc21. The molecule has 1 unspecified atom stereocenters. The maximum atomic E-state index is 12.9. The Balaban J connectivity index is 1.97. The van der Waals surface area contributed by atoms with Crippen molar-refractivity contribution in [3.63, 3.8) is 0 Å². The molecule has 2 aromatic carbocycles. The molecule has 1 aromatic heterocycles. The van der Waals surface area contributed by atoms with Gasteiger partial charge in [0.1, 0.15) is 6.04 Å². The van der Waals surface area contributed by atoms with Gasteiger partial charge in [-0.1, -0.05) is 41.9 Å². The van der Waals surface area contributed by atoms with Crippen molar-refractivity contribution in [1.29, 1.82) is 0 Å². The summed E-state index contributed by atoms with van der Waals surface area (Å²) >= 11 is 6.02. The molecule has 8 heteroatoms. The lowest BCUT2D eigenvalue weighted by atomic mass is 10.1. The van der Waals surface area contributed by atoms with Gasteiger partial charge in [0.15, 0.2) is 5.69 Å². The summed E-state index contributed by atoms with van der Waals surface area (Å²) < 4.78 is 6.36. The van der Waals surface area contributed by atoms with Gasteiger partial charge in [0.05, 0.1) is 18.0 Å². The predicted molar refractivity (Wildman–Crippen MR) is 110 cm³/mol. The van der Waals surface area contributed by atoms with Crippen LogP contribution in [0.1, 0.15) is 23.0 Å². The van der Waals surface area contributed by atoms with Crippen LogP contribution in [0.4, 0.5) is 0 Å². The Bertz CT molecular complexity index is 1110. The second-order valence-electron chi connectivity index (χ2n) is 6.39. The highest BCUT2D eigenvalue weighted by molar-refractivity contribution is 6.31. The lowest BCUT2D eigenvalue weighted by Crippen LogP contribution is -2.45. The molecule has 0 saturated carbocycles. The van der Waals surface area contributed by atoms with E-state index in [0.717, 1.165) is 5.56 Å². The number of fused-ring (bicyclic) bond motifs is 1. The van der Waals surface area contributed by atoms with Crippen LogP contribution < -0.4 is 10.7 Å². The van der Waals surface area contributed by atoms with Gasteiger partial charge in [0.2, 0.25) is 5.43 Å². The van der Waals surface area contributed by atoms with E-state index in [1.54, 1.807) is 16.8 Å². The van der Waals surface area contributed by atoms with Crippen LogP contribution >= 0.6 is 11.6 Å². The third-order valence-corrected chi connectivity index (χ3v) is 4.74. The summed E-state index contributed by atoms with van der Waals surface area (Å²) in [5.74, 6) is -1.35. The van der Waals surface area contributed by atoms with E-state index in [4.69, 9.17) is 16.3 Å². The highest BCUT2D eigenvalue weighted by Gasteiger charge is 2.25. The quantitative estimate of drug-likeness (QED) is 0.627. The molecule has 0 saturated heterocycles. The third kappa shape index (κ3) is 4.46. The number of hydrogen-bond acceptors (Lipinski definition) is 5. The van der Waals surface area contributed by atoms with E-state index in [2.05, 4.69) is 10.4 Å². The number of halogens is 1. The molecule has 0 bridgehead atoms. The molecule has 0 fully saturated rings. The van der Waals surface area contributed by atoms with Crippen molar-refractivity contribution < 1.29 is 14.3 Å². The molecule has 0 aliphatic heterocycles. The zero-order chi connectivity index (χ0) is 21.0. The highest BCUT2D eigenvalue weighted by atomic mass is 35.5. The molecule has 29 heavy (non-hydrogen) atoms. The number of aromatic nitrogens is 2. The van der Waals surface area contributed by atoms with Gasteiger partial charge < -0.3 is 10.1 Å². The first-order valence-electron chi connectivity index (χ1n) is 9.07. The van der Waals surface area contributed by atoms with Crippen LogP contribution in [0.15, 0.2) is 53.3 Å². The Labute approximate surface area is 172 Å². The summed E-state index contributed by atoms with van der Waals surface area (Å²) in [5.41, 5.74) is 0.566. The Kier molecular flexibility index (Phi) is 6.29. The first kappa shape index (κ1) is 20.5. The van der Waals surface area contributed by atoms with Crippen LogP contribution in [0.2, 0.25) is 5.02 Å². The summed E-state index contributed by atoms with van der Waals surface area (Å²) in [5, 5.41) is 7.44. The number of ether oxygens (including phenoxy) is 1. The number of esters is 1. The number of aryl methyl sites for hydroxylation is 1. The standard InChI is InChI=1S/C21H20ClN3O4/c1-3-25-17-10-9-14(22)12-15(17)19(26)18(24-25)20(27)23-16(21(28)29-2)11-13-7-5-4-6-8-13/h4-10,12,16H,3,11H2,1-2H3,(H,23,27). The number of amides is 1. The highest BCUT2D eigenvalue weighted by Crippen LogP contribution is 2.16. The smallest absolute Gasteiger partial charge is 0.328 e. The Hall–Kier alpha value is -3.19. The molecule has 3 aromatic rings. The fraction of sp³-hybridized carbons (Fsp3) is 0.238. The Morgan fingerprint density at radius 3 is 2.59 bits per heavy atom. The molecule has 0 spiro atoms. The van der Waals surface area contributed by atoms with Crippen molar-refractivity contribution in [2.24, 2.45) is 0 Å². The topological polar surface area (TPSA) is 90.3 Å². The third-order valence-electron chi connectivity index (χ3n) is 4.51. The van der Waals surface area contributed by atoms with Crippen molar-refractivity contribution in [3.8, 4) is 0 Å². The lowest BCUT2D eigenvalue weighted by Gasteiger charge is -2.17. The fourth-order valence-corrected chi connectivity index (χ4v) is 3.24. The van der Waals surface area contributed by atoms with Crippen molar-refractivity contribution in [2.75, 3.05) is 7.11 Å². The van der Waals surface area contributed by atoms with Gasteiger partial charge in [-0.05, 0) is 30.7 Å². The largest absolute Gasteiger partial charge is 0.467 e. The van der Waals surface area contributed by atoms with Gasteiger partial charge in [-0.25, -0.2) is 4.79 Å². The van der Waals surface area contributed by atoms with Crippen molar-refractivity contribution >= 4 is 34.4 Å². The normalized spacial score (nSPS) is 11.8. The monoisotopic (exact) mass is 413 g/mol. The van der Waals surface area contributed by atoms with E-state index in [0.29, 0.717) is 17.1 Å². The summed E-state index contributed by atoms with van der Waals surface area (Å²) in [4.78, 5) is 37.9. The zero-order valence-electron chi connectivity index (χ0n) is 16.0. The molecule has 1 atom stereocenters. The average Bonchev–Trinajstić information content (AvgIpc) is 2.74. The molecule has 0 aliphatic rings. The minimum Gasteiger partial charge on any atom is -0.467 e. The first-order chi connectivity index (χ1) is 13.9. The first-order valence-corrected chi connectivity index (χ1v) is 9.45. The van der Waals surface area contributed by atoms with Gasteiger partial charge in [-0.15, -0.1) is 0 Å². The molecular weight excluding hydrogens is 394 g/mol. The number of benzene rings is 2. The van der Waals surface area contributed by atoms with Crippen molar-refractivity contribution in [2.45, 2.75) is 25.9 Å². The molecule has 7 nitrogen and oxygen atoms in total. The fourth-order valence-electron chi connectivity index (χ4n) is 3.06. The number of nitrogens with zero attached hydrogens (tertiary/aromatic N) is 2. The van der Waals surface area contributed by atoms with Crippen LogP contribution in [0.25, 0.3) is 10.9 Å². The lowest BCUT2D eigenvalue weighted by molar-refractivity contribution is -0.142. The van der Waals surface area contributed by atoms with Crippen molar-refractivity contribution in [3.05, 3.63) is 75.0 Å². The number of hydrogen-bond donors (Lipinski definition) is 1. The summed E-state index contributed by atoms with van der Waals surface area (Å²) in [6.45, 7) is 2.29. The minimum atomic E-state index is -0.957. The molecule has 1 N–H and O–H groups in total. The molecule has 0 radical (unpaired) electrons. The van der Waals surface area contributed by atoms with Crippen LogP contribution in [0.5, 0.6) is 0 Å². The second kappa shape index (κ2) is 8.87. The number of carbonyl (C=O) groups is 2. The van der Waals surface area contributed by atoms with Gasteiger partial charge in [-0.3, -0.25) is 14.3 Å². The Morgan fingerprint density at radius 2 is 1.93 bits per heavy atom. The molecule has 1 amide bonds. The van der Waals surface area contributed by atoms with Gasteiger partial charge in [0, 0.05) is 18.0 Å². The van der Waals surface area contributed by atoms with E-state index in [1.807, 2.05) is 37.3 Å². The predicted octanol–water partition coefficient (Wildman–Crippen LogP) is 2.58. The van der Waals surface area contributed by atoms with Crippen LogP contribution in [0, 0.1) is 0 Å². The number of rotatable bonds is 6. The maximum absolute atomic E-state index is 12.9. The maximum Gasteiger partial charge on any atom is 0.328 e. The van der Waals surface area contributed by atoms with Gasteiger partial charge >= 0.3 is 5.97 Å². The molecular formula is C21H20ClN3O4. The number of nitrogens with one attached hydrogen (secondary N) is 1. The number of carbonyl (C=O) groups excluding carboxylic acids is 2. The molecule has 1 heterocycles. The average molecular weight is 414 g/mol. The zero-order valence-corrected chi connectivity index (χ0v) is 16.8. The van der Waals surface area contributed by atoms with Crippen LogP contribution in [0.3, 0.4) is 0 Å². The molecule has 0 aliphatic carbocycles. The number of methoxy groups -OCH3 is 1.